The molecule has 0 unspecified atom stereocenters. The Hall–Kier alpha value is -1.62. The van der Waals surface area contributed by atoms with Crippen molar-refractivity contribution in [3.63, 3.8) is 0 Å². The van der Waals surface area contributed by atoms with Crippen molar-refractivity contribution in [3.05, 3.63) is 66.5 Å². The molecule has 0 amide bonds. The van der Waals surface area contributed by atoms with Gasteiger partial charge in [0.25, 0.3) is 5.82 Å². The number of imidazole rings is 1. The van der Waals surface area contributed by atoms with E-state index in [1.807, 2.05) is 0 Å². The maximum Gasteiger partial charge on any atom is 0.259 e. The smallest absolute Gasteiger partial charge is 0.259 e. The summed E-state index contributed by atoms with van der Waals surface area (Å²) in [5.74, 6) is 1.80. The van der Waals surface area contributed by atoms with Crippen LogP contribution >= 0.6 is 0 Å². The first-order chi connectivity index (χ1) is 10.6. The molecule has 0 atom stereocenters. The molecule has 2 aromatic carbocycles. The first-order valence-electron chi connectivity index (χ1n) is 7.80. The summed E-state index contributed by atoms with van der Waals surface area (Å²) in [4.78, 5) is 0. The molecule has 0 saturated carbocycles. The van der Waals surface area contributed by atoms with E-state index in [1.165, 1.54) is 28.3 Å². The van der Waals surface area contributed by atoms with Crippen LogP contribution in [0.1, 0.15) is 25.6 Å². The van der Waals surface area contributed by atoms with E-state index in [0.717, 1.165) is 0 Å². The maximum atomic E-state index is 2.34. The molecule has 3 rings (SSSR count). The molecule has 23 heavy (non-hydrogen) atoms. The van der Waals surface area contributed by atoms with E-state index in [1.54, 1.807) is 0 Å². The summed E-state index contributed by atoms with van der Waals surface area (Å²) in [5.41, 5.74) is 5.06. The van der Waals surface area contributed by atoms with E-state index in [4.69, 9.17) is 0 Å². The Labute approximate surface area is 155 Å². The lowest BCUT2D eigenvalue weighted by Crippen LogP contribution is -3.00. The Morgan fingerprint density at radius 3 is 1.78 bits per heavy atom. The summed E-state index contributed by atoms with van der Waals surface area (Å²) in [6.07, 6.45) is 0. The second-order valence-corrected chi connectivity index (χ2v) is 6.06. The van der Waals surface area contributed by atoms with Gasteiger partial charge in [-0.15, -0.1) is 0 Å². The molecular weight excluding hydrogens is 395 g/mol. The van der Waals surface area contributed by atoms with Crippen LogP contribution in [0.25, 0.3) is 22.5 Å². The number of aromatic nitrogens is 2. The van der Waals surface area contributed by atoms with E-state index in [2.05, 4.69) is 97.7 Å². The first kappa shape index (κ1) is 17.7. The van der Waals surface area contributed by atoms with E-state index in [0.29, 0.717) is 5.92 Å². The monoisotopic (exact) mass is 418 g/mol. The van der Waals surface area contributed by atoms with Gasteiger partial charge in [-0.2, -0.15) is 0 Å². The van der Waals surface area contributed by atoms with Crippen LogP contribution in [0.3, 0.4) is 0 Å². The molecular formula is C20H23IN2. The Balaban J connectivity index is 0.00000192. The average molecular weight is 418 g/mol. The number of hydrogen-bond acceptors (Lipinski definition) is 0. The van der Waals surface area contributed by atoms with Gasteiger partial charge < -0.3 is 24.0 Å². The fourth-order valence-corrected chi connectivity index (χ4v) is 3.40. The van der Waals surface area contributed by atoms with Gasteiger partial charge in [0.05, 0.1) is 20.0 Å². The average Bonchev–Trinajstić information content (AvgIpc) is 2.80. The highest BCUT2D eigenvalue weighted by Crippen LogP contribution is 2.32. The van der Waals surface area contributed by atoms with Crippen LogP contribution in [0.15, 0.2) is 60.7 Å². The molecule has 3 heteroatoms. The van der Waals surface area contributed by atoms with E-state index in [-0.39, 0.29) is 24.0 Å². The number of benzene rings is 2. The van der Waals surface area contributed by atoms with Crippen molar-refractivity contribution in [2.75, 3.05) is 0 Å². The molecule has 1 aromatic heterocycles. The van der Waals surface area contributed by atoms with Gasteiger partial charge in [0, 0.05) is 11.1 Å². The number of hydrogen-bond donors (Lipinski definition) is 0. The van der Waals surface area contributed by atoms with Gasteiger partial charge in [-0.25, -0.2) is 9.13 Å². The second-order valence-electron chi connectivity index (χ2n) is 6.06. The van der Waals surface area contributed by atoms with Gasteiger partial charge in [-0.05, 0) is 0 Å². The molecule has 0 radical (unpaired) electrons. The van der Waals surface area contributed by atoms with Crippen molar-refractivity contribution in [1.29, 1.82) is 0 Å². The van der Waals surface area contributed by atoms with Crippen LogP contribution in [0, 0.1) is 0 Å². The van der Waals surface area contributed by atoms with E-state index in [9.17, 15) is 0 Å². The van der Waals surface area contributed by atoms with Crippen molar-refractivity contribution in [2.24, 2.45) is 14.1 Å². The van der Waals surface area contributed by atoms with Crippen molar-refractivity contribution in [1.82, 2.24) is 4.57 Å². The minimum absolute atomic E-state index is 0. The topological polar surface area (TPSA) is 8.81 Å². The number of nitrogens with zero attached hydrogens (tertiary/aromatic N) is 2. The fourth-order valence-electron chi connectivity index (χ4n) is 3.40. The highest BCUT2D eigenvalue weighted by molar-refractivity contribution is 5.76. The Morgan fingerprint density at radius 1 is 0.826 bits per heavy atom. The maximum absolute atomic E-state index is 2.34. The molecule has 2 nitrogen and oxygen atoms in total. The fraction of sp³-hybridized carbons (Fsp3) is 0.250. The third-order valence-corrected chi connectivity index (χ3v) is 4.19. The lowest BCUT2D eigenvalue weighted by Gasteiger charge is -2.02. The molecule has 0 spiro atoms. The normalized spacial score (nSPS) is 10.7. The summed E-state index contributed by atoms with van der Waals surface area (Å²) in [5, 5.41) is 0. The Morgan fingerprint density at radius 2 is 1.30 bits per heavy atom. The van der Waals surface area contributed by atoms with Crippen LogP contribution in [-0.2, 0) is 14.1 Å². The molecule has 0 bridgehead atoms. The number of halogens is 1. The van der Waals surface area contributed by atoms with Gasteiger partial charge in [0.2, 0.25) is 0 Å². The molecule has 0 saturated heterocycles. The number of rotatable bonds is 3. The highest BCUT2D eigenvalue weighted by Gasteiger charge is 2.29. The largest absolute Gasteiger partial charge is 1.00 e. The SMILES string of the molecule is CC(C)c1n(C)c(-c2ccccc2)c(-c2ccccc2)[n+]1C.[I-]. The molecule has 0 aliphatic carbocycles. The van der Waals surface area contributed by atoms with Gasteiger partial charge in [0.1, 0.15) is 0 Å². The Bertz CT molecular complexity index is 711. The Kier molecular flexibility index (Phi) is 5.63. The molecule has 0 aliphatic heterocycles. The zero-order valence-corrected chi connectivity index (χ0v) is 16.3. The summed E-state index contributed by atoms with van der Waals surface area (Å²) in [6.45, 7) is 4.50. The van der Waals surface area contributed by atoms with Crippen LogP contribution in [0.2, 0.25) is 0 Å². The first-order valence-corrected chi connectivity index (χ1v) is 7.80. The zero-order valence-electron chi connectivity index (χ0n) is 14.1. The van der Waals surface area contributed by atoms with E-state index < -0.39 is 0 Å². The zero-order chi connectivity index (χ0) is 15.7. The molecule has 0 aliphatic rings. The third kappa shape index (κ3) is 3.20. The minimum atomic E-state index is 0. The summed E-state index contributed by atoms with van der Waals surface area (Å²) in [7, 11) is 4.34. The lowest BCUT2D eigenvalue weighted by atomic mass is 10.0. The molecule has 120 valence electrons. The van der Waals surface area contributed by atoms with Crippen molar-refractivity contribution in [3.8, 4) is 22.5 Å². The van der Waals surface area contributed by atoms with Crippen molar-refractivity contribution in [2.45, 2.75) is 19.8 Å². The molecule has 3 aromatic rings. The summed E-state index contributed by atoms with van der Waals surface area (Å²) < 4.78 is 4.67. The van der Waals surface area contributed by atoms with Crippen LogP contribution in [0.5, 0.6) is 0 Å². The van der Waals surface area contributed by atoms with Gasteiger partial charge in [-0.3, -0.25) is 0 Å². The molecule has 0 fully saturated rings. The van der Waals surface area contributed by atoms with Gasteiger partial charge in [0.15, 0.2) is 11.4 Å². The molecule has 0 N–H and O–H groups in total. The van der Waals surface area contributed by atoms with Gasteiger partial charge in [-0.1, -0.05) is 74.5 Å². The minimum Gasteiger partial charge on any atom is -1.00 e. The van der Waals surface area contributed by atoms with Gasteiger partial charge >= 0.3 is 0 Å². The van der Waals surface area contributed by atoms with Crippen LogP contribution < -0.4 is 28.5 Å². The predicted molar refractivity (Wildman–Crippen MR) is 91.6 cm³/mol. The van der Waals surface area contributed by atoms with Crippen molar-refractivity contribution >= 4 is 0 Å². The van der Waals surface area contributed by atoms with Crippen LogP contribution in [-0.4, -0.2) is 4.57 Å². The van der Waals surface area contributed by atoms with Crippen molar-refractivity contribution < 1.29 is 28.5 Å². The second kappa shape index (κ2) is 7.30. The lowest BCUT2D eigenvalue weighted by molar-refractivity contribution is -0.669. The van der Waals surface area contributed by atoms with Crippen LogP contribution in [0.4, 0.5) is 0 Å². The molecule has 1 heterocycles. The summed E-state index contributed by atoms with van der Waals surface area (Å²) in [6, 6.07) is 21.3. The third-order valence-electron chi connectivity index (χ3n) is 4.19. The summed E-state index contributed by atoms with van der Waals surface area (Å²) >= 11 is 0. The quantitative estimate of drug-likeness (QED) is 0.448. The standard InChI is InChI=1S/C20H23N2.HI/c1-15(2)20-21(3)18(16-11-7-5-8-12-16)19(22(20)4)17-13-9-6-10-14-17;/h5-15H,1-4H3;1H/q+1;/p-1. The predicted octanol–water partition coefficient (Wildman–Crippen LogP) is 1.31. The highest BCUT2D eigenvalue weighted by atomic mass is 127. The van der Waals surface area contributed by atoms with E-state index >= 15 is 0 Å².